The van der Waals surface area contributed by atoms with Gasteiger partial charge in [0.1, 0.15) is 5.75 Å². The van der Waals surface area contributed by atoms with E-state index in [0.29, 0.717) is 5.75 Å². The highest BCUT2D eigenvalue weighted by molar-refractivity contribution is 5.54. The Morgan fingerprint density at radius 2 is 1.61 bits per heavy atom. The van der Waals surface area contributed by atoms with Gasteiger partial charge in [0.05, 0.1) is 0 Å². The summed E-state index contributed by atoms with van der Waals surface area (Å²) in [5.74, 6) is 0.450. The fraction of sp³-hybridized carbons (Fsp3) is 0.700. The van der Waals surface area contributed by atoms with Crippen molar-refractivity contribution in [3.63, 3.8) is 0 Å². The summed E-state index contributed by atoms with van der Waals surface area (Å²) in [6, 6.07) is 2.15. The molecule has 0 amide bonds. The highest BCUT2D eigenvalue weighted by Gasteiger charge is 2.28. The van der Waals surface area contributed by atoms with E-state index in [4.69, 9.17) is 5.11 Å². The topological polar surface area (TPSA) is 52.5 Å². The molecule has 1 aromatic rings. The molecule has 23 heavy (non-hydrogen) atoms. The van der Waals surface area contributed by atoms with Crippen LogP contribution in [0.15, 0.2) is 6.07 Å². The van der Waals surface area contributed by atoms with Gasteiger partial charge >= 0.3 is 0 Å². The number of aromatic hydroxyl groups is 1. The van der Waals surface area contributed by atoms with E-state index in [0.717, 1.165) is 37.1 Å². The third-order valence-electron chi connectivity index (χ3n) is 4.30. The first-order valence-electron chi connectivity index (χ1n) is 8.68. The first-order valence-corrected chi connectivity index (χ1v) is 8.68. The molecule has 0 aromatic heterocycles. The fourth-order valence-corrected chi connectivity index (χ4v) is 3.08. The van der Waals surface area contributed by atoms with E-state index in [2.05, 4.69) is 59.8 Å². The number of nitrogens with one attached hydrogen (secondary N) is 1. The Morgan fingerprint density at radius 3 is 2.09 bits per heavy atom. The number of hydrogen-bond acceptors (Lipinski definition) is 3. The van der Waals surface area contributed by atoms with Crippen molar-refractivity contribution >= 4 is 0 Å². The van der Waals surface area contributed by atoms with E-state index in [9.17, 15) is 5.11 Å². The van der Waals surface area contributed by atoms with Crippen LogP contribution < -0.4 is 5.32 Å². The van der Waals surface area contributed by atoms with Crippen LogP contribution in [0, 0.1) is 6.92 Å². The van der Waals surface area contributed by atoms with Crippen molar-refractivity contribution in [2.75, 3.05) is 13.2 Å². The summed E-state index contributed by atoms with van der Waals surface area (Å²) in [5.41, 5.74) is 4.31. The second kappa shape index (κ2) is 7.67. The van der Waals surface area contributed by atoms with Gasteiger partial charge in [-0.15, -0.1) is 0 Å². The van der Waals surface area contributed by atoms with E-state index < -0.39 is 0 Å². The standard InChI is InChI=1S/C20H35NO2/c1-14-15(13-21-10-8-9-11-22)12-16(19(2,3)4)18(23)17(14)20(5,6)7/h12,21-23H,8-11,13H2,1-7H3. The summed E-state index contributed by atoms with van der Waals surface area (Å²) < 4.78 is 0. The SMILES string of the molecule is Cc1c(CNCCCCO)cc(C(C)(C)C)c(O)c1C(C)(C)C. The van der Waals surface area contributed by atoms with Gasteiger partial charge < -0.3 is 15.5 Å². The minimum Gasteiger partial charge on any atom is -0.507 e. The zero-order valence-corrected chi connectivity index (χ0v) is 16.0. The van der Waals surface area contributed by atoms with Gasteiger partial charge in [-0.05, 0) is 53.8 Å². The number of rotatable bonds is 6. The Hall–Kier alpha value is -1.06. The van der Waals surface area contributed by atoms with E-state index in [-0.39, 0.29) is 17.4 Å². The van der Waals surface area contributed by atoms with E-state index in [1.165, 1.54) is 11.1 Å². The second-order valence-electron chi connectivity index (χ2n) is 8.54. The zero-order chi connectivity index (χ0) is 17.8. The van der Waals surface area contributed by atoms with Gasteiger partial charge in [-0.1, -0.05) is 47.6 Å². The lowest BCUT2D eigenvalue weighted by Crippen LogP contribution is -2.22. The molecule has 1 rings (SSSR count). The maximum absolute atomic E-state index is 10.9. The van der Waals surface area contributed by atoms with Crippen LogP contribution >= 0.6 is 0 Å². The van der Waals surface area contributed by atoms with Crippen LogP contribution in [0.1, 0.15) is 76.6 Å². The predicted molar refractivity (Wildman–Crippen MR) is 98.3 cm³/mol. The fourth-order valence-electron chi connectivity index (χ4n) is 3.08. The molecule has 132 valence electrons. The molecule has 0 atom stereocenters. The minimum absolute atomic E-state index is 0.0938. The molecule has 3 nitrogen and oxygen atoms in total. The molecule has 0 unspecified atom stereocenters. The average Bonchev–Trinajstić information content (AvgIpc) is 2.37. The van der Waals surface area contributed by atoms with Crippen molar-refractivity contribution in [3.8, 4) is 5.75 Å². The molecule has 0 aliphatic rings. The van der Waals surface area contributed by atoms with Crippen LogP contribution in [0.2, 0.25) is 0 Å². The Bertz CT molecular complexity index is 522. The van der Waals surface area contributed by atoms with Crippen LogP contribution in [-0.2, 0) is 17.4 Å². The van der Waals surface area contributed by atoms with Crippen LogP contribution in [0.25, 0.3) is 0 Å². The summed E-state index contributed by atoms with van der Waals surface area (Å²) in [6.45, 7) is 16.9. The van der Waals surface area contributed by atoms with Gasteiger partial charge in [-0.25, -0.2) is 0 Å². The van der Waals surface area contributed by atoms with Crippen molar-refractivity contribution in [2.24, 2.45) is 0 Å². The summed E-state index contributed by atoms with van der Waals surface area (Å²) in [6.07, 6.45) is 1.81. The van der Waals surface area contributed by atoms with Crippen molar-refractivity contribution < 1.29 is 10.2 Å². The molecule has 0 spiro atoms. The number of phenols is 1. The smallest absolute Gasteiger partial charge is 0.123 e. The highest BCUT2D eigenvalue weighted by atomic mass is 16.3. The average molecular weight is 322 g/mol. The number of aliphatic hydroxyl groups excluding tert-OH is 1. The summed E-state index contributed by atoms with van der Waals surface area (Å²) in [4.78, 5) is 0. The molecule has 3 heteroatoms. The van der Waals surface area contributed by atoms with Gasteiger partial charge in [-0.2, -0.15) is 0 Å². The van der Waals surface area contributed by atoms with Gasteiger partial charge in [-0.3, -0.25) is 0 Å². The third-order valence-corrected chi connectivity index (χ3v) is 4.30. The maximum atomic E-state index is 10.9. The van der Waals surface area contributed by atoms with E-state index in [1.54, 1.807) is 0 Å². The Labute approximate surface area is 142 Å². The Balaban J connectivity index is 3.20. The van der Waals surface area contributed by atoms with Crippen molar-refractivity contribution in [1.29, 1.82) is 0 Å². The number of aliphatic hydroxyl groups is 1. The van der Waals surface area contributed by atoms with Crippen LogP contribution in [0.5, 0.6) is 5.75 Å². The molecule has 0 aliphatic heterocycles. The van der Waals surface area contributed by atoms with Crippen molar-refractivity contribution in [3.05, 3.63) is 28.3 Å². The first kappa shape index (κ1) is 20.0. The molecular weight excluding hydrogens is 286 g/mol. The first-order chi connectivity index (χ1) is 10.5. The normalized spacial score (nSPS) is 12.7. The quantitative estimate of drug-likeness (QED) is 0.690. The highest BCUT2D eigenvalue weighted by Crippen LogP contribution is 2.42. The minimum atomic E-state index is -0.0962. The zero-order valence-electron chi connectivity index (χ0n) is 16.0. The Morgan fingerprint density at radius 1 is 1.00 bits per heavy atom. The lowest BCUT2D eigenvalue weighted by Gasteiger charge is -2.30. The van der Waals surface area contributed by atoms with Crippen molar-refractivity contribution in [2.45, 2.75) is 78.7 Å². The van der Waals surface area contributed by atoms with Crippen LogP contribution in [-0.4, -0.2) is 23.4 Å². The summed E-state index contributed by atoms with van der Waals surface area (Å²) in [5, 5.41) is 23.2. The van der Waals surface area contributed by atoms with E-state index >= 15 is 0 Å². The predicted octanol–water partition coefficient (Wildman–Crippen LogP) is 4.16. The number of phenolic OH excluding ortho intramolecular Hbond substituents is 1. The molecule has 0 aliphatic carbocycles. The molecule has 1 aromatic carbocycles. The number of unbranched alkanes of at least 4 members (excludes halogenated alkanes) is 1. The molecular formula is C20H35NO2. The third kappa shape index (κ3) is 5.22. The van der Waals surface area contributed by atoms with Crippen molar-refractivity contribution in [1.82, 2.24) is 5.32 Å². The Kier molecular flexibility index (Phi) is 6.67. The van der Waals surface area contributed by atoms with Gasteiger partial charge in [0.15, 0.2) is 0 Å². The van der Waals surface area contributed by atoms with E-state index in [1.807, 2.05) is 0 Å². The largest absolute Gasteiger partial charge is 0.507 e. The second-order valence-corrected chi connectivity index (χ2v) is 8.54. The van der Waals surface area contributed by atoms with Gasteiger partial charge in [0, 0.05) is 18.7 Å². The van der Waals surface area contributed by atoms with Crippen LogP contribution in [0.3, 0.4) is 0 Å². The molecule has 0 radical (unpaired) electrons. The number of benzene rings is 1. The molecule has 0 saturated heterocycles. The molecule has 3 N–H and O–H groups in total. The number of hydrogen-bond donors (Lipinski definition) is 3. The van der Waals surface area contributed by atoms with Gasteiger partial charge in [0.2, 0.25) is 0 Å². The maximum Gasteiger partial charge on any atom is 0.123 e. The van der Waals surface area contributed by atoms with Crippen LogP contribution in [0.4, 0.5) is 0 Å². The lowest BCUT2D eigenvalue weighted by molar-refractivity contribution is 0.283. The molecule has 0 saturated carbocycles. The molecule has 0 bridgehead atoms. The summed E-state index contributed by atoms with van der Waals surface area (Å²) >= 11 is 0. The monoisotopic (exact) mass is 321 g/mol. The molecule has 0 heterocycles. The van der Waals surface area contributed by atoms with Gasteiger partial charge in [0.25, 0.3) is 0 Å². The lowest BCUT2D eigenvalue weighted by atomic mass is 9.76. The summed E-state index contributed by atoms with van der Waals surface area (Å²) in [7, 11) is 0. The molecule has 0 fully saturated rings.